The van der Waals surface area contributed by atoms with Crippen molar-refractivity contribution in [3.63, 3.8) is 0 Å². The van der Waals surface area contributed by atoms with Crippen molar-refractivity contribution in [2.24, 2.45) is 0 Å². The summed E-state index contributed by atoms with van der Waals surface area (Å²) in [6, 6.07) is 10.8. The summed E-state index contributed by atoms with van der Waals surface area (Å²) in [7, 11) is 0. The standard InChI is InChI=1S/C22H25N3O3/c1-6-24-15(3)12-20(17(24)5)21(26)13-28-22(27)18-7-9-19(10-8-18)25-16(4)11-14(2)23-25/h7-12H,6,13H2,1-5H3. The molecule has 0 aliphatic carbocycles. The maximum atomic E-state index is 12.5. The summed E-state index contributed by atoms with van der Waals surface area (Å²) in [4.78, 5) is 24.8. The van der Waals surface area contributed by atoms with Gasteiger partial charge in [0.05, 0.1) is 16.9 Å². The van der Waals surface area contributed by atoms with Gasteiger partial charge in [-0.25, -0.2) is 9.48 Å². The molecule has 0 atom stereocenters. The third kappa shape index (κ3) is 3.76. The van der Waals surface area contributed by atoms with E-state index in [1.165, 1.54) is 0 Å². The Bertz CT molecular complexity index is 1030. The van der Waals surface area contributed by atoms with Crippen LogP contribution in [0.3, 0.4) is 0 Å². The highest BCUT2D eigenvalue weighted by atomic mass is 16.5. The van der Waals surface area contributed by atoms with Crippen molar-refractivity contribution in [3.8, 4) is 5.69 Å². The third-order valence-corrected chi connectivity index (χ3v) is 4.88. The fourth-order valence-corrected chi connectivity index (χ4v) is 3.49. The van der Waals surface area contributed by atoms with Crippen LogP contribution in [0.25, 0.3) is 5.69 Å². The van der Waals surface area contributed by atoms with Gasteiger partial charge in [-0.1, -0.05) is 0 Å². The molecule has 2 aromatic heterocycles. The van der Waals surface area contributed by atoms with E-state index >= 15 is 0 Å². The minimum atomic E-state index is -0.516. The number of Topliss-reactive ketones (excluding diaryl/α,β-unsaturated/α-hetero) is 1. The second-order valence-corrected chi connectivity index (χ2v) is 6.91. The van der Waals surface area contributed by atoms with Crippen LogP contribution in [-0.2, 0) is 11.3 Å². The number of ether oxygens (including phenoxy) is 1. The molecule has 28 heavy (non-hydrogen) atoms. The van der Waals surface area contributed by atoms with Crippen molar-refractivity contribution < 1.29 is 14.3 Å². The summed E-state index contributed by atoms with van der Waals surface area (Å²) in [6.45, 7) is 10.3. The third-order valence-electron chi connectivity index (χ3n) is 4.88. The molecule has 2 heterocycles. The van der Waals surface area contributed by atoms with E-state index in [2.05, 4.69) is 9.67 Å². The number of aromatic nitrogens is 3. The molecular weight excluding hydrogens is 354 g/mol. The summed E-state index contributed by atoms with van der Waals surface area (Å²) in [6.07, 6.45) is 0. The number of hydrogen-bond donors (Lipinski definition) is 0. The fraction of sp³-hybridized carbons (Fsp3) is 0.318. The molecule has 0 saturated heterocycles. The Hall–Kier alpha value is -3.15. The lowest BCUT2D eigenvalue weighted by atomic mass is 10.1. The molecular formula is C22H25N3O3. The minimum Gasteiger partial charge on any atom is -0.454 e. The average Bonchev–Trinajstić information content (AvgIpc) is 3.16. The Balaban J connectivity index is 1.67. The maximum absolute atomic E-state index is 12.5. The SMILES string of the molecule is CCn1c(C)cc(C(=O)COC(=O)c2ccc(-n3nc(C)cc3C)cc2)c1C. The first-order chi connectivity index (χ1) is 13.3. The molecule has 0 fully saturated rings. The predicted molar refractivity (Wildman–Crippen MR) is 107 cm³/mol. The van der Waals surface area contributed by atoms with Gasteiger partial charge in [-0.2, -0.15) is 5.10 Å². The predicted octanol–water partition coefficient (Wildman–Crippen LogP) is 3.97. The number of benzene rings is 1. The zero-order valence-electron chi connectivity index (χ0n) is 16.9. The zero-order valence-corrected chi connectivity index (χ0v) is 16.9. The number of hydrogen-bond acceptors (Lipinski definition) is 4. The second kappa shape index (κ2) is 7.84. The summed E-state index contributed by atoms with van der Waals surface area (Å²) < 4.78 is 9.11. The number of carbonyl (C=O) groups excluding carboxylic acids is 2. The molecule has 0 spiro atoms. The van der Waals surface area contributed by atoms with Gasteiger partial charge in [0.2, 0.25) is 5.78 Å². The highest BCUT2D eigenvalue weighted by Crippen LogP contribution is 2.17. The molecule has 6 nitrogen and oxygen atoms in total. The first kappa shape index (κ1) is 19.6. The Labute approximate surface area is 164 Å². The van der Waals surface area contributed by atoms with Gasteiger partial charge in [-0.05, 0) is 71.0 Å². The molecule has 0 saturated carbocycles. The van der Waals surface area contributed by atoms with Gasteiger partial charge in [0.15, 0.2) is 6.61 Å². The number of ketones is 1. The van der Waals surface area contributed by atoms with Crippen molar-refractivity contribution in [1.82, 2.24) is 14.3 Å². The van der Waals surface area contributed by atoms with Gasteiger partial charge < -0.3 is 9.30 Å². The Morgan fingerprint density at radius 2 is 1.68 bits per heavy atom. The molecule has 3 aromatic rings. The number of carbonyl (C=O) groups is 2. The van der Waals surface area contributed by atoms with Crippen LogP contribution in [0, 0.1) is 27.7 Å². The molecule has 0 bridgehead atoms. The van der Waals surface area contributed by atoms with Crippen molar-refractivity contribution >= 4 is 11.8 Å². The molecule has 0 radical (unpaired) electrons. The van der Waals surface area contributed by atoms with E-state index in [0.29, 0.717) is 11.1 Å². The van der Waals surface area contributed by atoms with Crippen LogP contribution in [0.5, 0.6) is 0 Å². The first-order valence-corrected chi connectivity index (χ1v) is 9.32. The van der Waals surface area contributed by atoms with E-state index in [9.17, 15) is 9.59 Å². The van der Waals surface area contributed by atoms with Crippen LogP contribution in [0.1, 0.15) is 50.4 Å². The Morgan fingerprint density at radius 3 is 2.21 bits per heavy atom. The largest absolute Gasteiger partial charge is 0.454 e. The zero-order chi connectivity index (χ0) is 20.4. The van der Waals surface area contributed by atoms with Crippen molar-refractivity contribution in [2.75, 3.05) is 6.61 Å². The van der Waals surface area contributed by atoms with Crippen LogP contribution in [0.4, 0.5) is 0 Å². The first-order valence-electron chi connectivity index (χ1n) is 9.32. The van der Waals surface area contributed by atoms with Crippen molar-refractivity contribution in [1.29, 1.82) is 0 Å². The van der Waals surface area contributed by atoms with Gasteiger partial charge >= 0.3 is 5.97 Å². The van der Waals surface area contributed by atoms with E-state index in [1.807, 2.05) is 63.6 Å². The van der Waals surface area contributed by atoms with Gasteiger partial charge in [0.25, 0.3) is 0 Å². The Morgan fingerprint density at radius 1 is 1.00 bits per heavy atom. The number of rotatable bonds is 6. The molecule has 1 aromatic carbocycles. The summed E-state index contributed by atoms with van der Waals surface area (Å²) in [5.41, 5.74) is 5.74. The summed E-state index contributed by atoms with van der Waals surface area (Å²) in [5.74, 6) is -0.710. The monoisotopic (exact) mass is 379 g/mol. The smallest absolute Gasteiger partial charge is 0.338 e. The van der Waals surface area contributed by atoms with E-state index in [4.69, 9.17) is 4.74 Å². The van der Waals surface area contributed by atoms with Crippen molar-refractivity contribution in [3.05, 3.63) is 70.3 Å². The van der Waals surface area contributed by atoms with Gasteiger partial charge in [-0.15, -0.1) is 0 Å². The van der Waals surface area contributed by atoms with Crippen LogP contribution >= 0.6 is 0 Å². The maximum Gasteiger partial charge on any atom is 0.338 e. The van der Waals surface area contributed by atoms with Crippen LogP contribution in [-0.4, -0.2) is 32.7 Å². The van der Waals surface area contributed by atoms with Crippen LogP contribution in [0.15, 0.2) is 36.4 Å². The van der Waals surface area contributed by atoms with Crippen LogP contribution < -0.4 is 0 Å². The molecule has 6 heteroatoms. The quantitative estimate of drug-likeness (QED) is 0.480. The fourth-order valence-electron chi connectivity index (χ4n) is 3.49. The Kier molecular flexibility index (Phi) is 5.49. The van der Waals surface area contributed by atoms with Gasteiger partial charge in [0, 0.05) is 29.2 Å². The second-order valence-electron chi connectivity index (χ2n) is 6.91. The lowest BCUT2D eigenvalue weighted by Gasteiger charge is -2.08. The molecule has 146 valence electrons. The molecule has 0 N–H and O–H groups in total. The van der Waals surface area contributed by atoms with Crippen LogP contribution in [0.2, 0.25) is 0 Å². The lowest BCUT2D eigenvalue weighted by Crippen LogP contribution is -2.15. The molecule has 0 amide bonds. The van der Waals surface area contributed by atoms with Gasteiger partial charge in [-0.3, -0.25) is 4.79 Å². The normalized spacial score (nSPS) is 10.9. The number of esters is 1. The highest BCUT2D eigenvalue weighted by Gasteiger charge is 2.17. The number of aryl methyl sites for hydroxylation is 3. The lowest BCUT2D eigenvalue weighted by molar-refractivity contribution is 0.0474. The average molecular weight is 379 g/mol. The molecule has 0 aliphatic rings. The van der Waals surface area contributed by atoms with E-state index < -0.39 is 5.97 Å². The topological polar surface area (TPSA) is 66.1 Å². The molecule has 0 unspecified atom stereocenters. The summed E-state index contributed by atoms with van der Waals surface area (Å²) in [5, 5.41) is 4.43. The van der Waals surface area contributed by atoms with E-state index in [0.717, 1.165) is 35.0 Å². The summed E-state index contributed by atoms with van der Waals surface area (Å²) >= 11 is 0. The molecule has 0 aliphatic heterocycles. The number of nitrogens with zero attached hydrogens (tertiary/aromatic N) is 3. The minimum absolute atomic E-state index is 0.194. The van der Waals surface area contributed by atoms with E-state index in [1.54, 1.807) is 12.1 Å². The van der Waals surface area contributed by atoms with Gasteiger partial charge in [0.1, 0.15) is 0 Å². The van der Waals surface area contributed by atoms with Crippen molar-refractivity contribution in [2.45, 2.75) is 41.2 Å². The highest BCUT2D eigenvalue weighted by molar-refractivity contribution is 6.00. The molecule has 3 rings (SSSR count). The van der Waals surface area contributed by atoms with E-state index in [-0.39, 0.29) is 12.4 Å².